The molecule has 0 aromatic carbocycles. The maximum atomic E-state index is 11.8. The van der Waals surface area contributed by atoms with Crippen LogP contribution >= 0.6 is 0 Å². The van der Waals surface area contributed by atoms with Crippen LogP contribution in [0.5, 0.6) is 0 Å². The van der Waals surface area contributed by atoms with Crippen molar-refractivity contribution in [2.45, 2.75) is 33.7 Å². The van der Waals surface area contributed by atoms with Crippen molar-refractivity contribution >= 4 is 12.0 Å². The SMILES string of the molecule is CCOC(=O)C1=C(C)NC(=O)N[C@@H]1C(C)C. The quantitative estimate of drug-likeness (QED) is 0.710. The molecule has 2 amide bonds. The third-order valence-electron chi connectivity index (χ3n) is 2.46. The topological polar surface area (TPSA) is 67.4 Å². The Morgan fingerprint density at radius 1 is 1.50 bits per heavy atom. The van der Waals surface area contributed by atoms with Gasteiger partial charge in [0.2, 0.25) is 0 Å². The molecule has 1 rings (SSSR count). The van der Waals surface area contributed by atoms with Crippen molar-refractivity contribution in [1.29, 1.82) is 0 Å². The number of nitrogens with one attached hydrogen (secondary N) is 2. The first-order valence-electron chi connectivity index (χ1n) is 5.42. The van der Waals surface area contributed by atoms with Crippen LogP contribution in [-0.2, 0) is 9.53 Å². The number of carbonyl (C=O) groups is 2. The molecule has 16 heavy (non-hydrogen) atoms. The first-order valence-corrected chi connectivity index (χ1v) is 5.42. The molecule has 5 nitrogen and oxygen atoms in total. The van der Waals surface area contributed by atoms with Gasteiger partial charge in [0.1, 0.15) is 0 Å². The van der Waals surface area contributed by atoms with Gasteiger partial charge in [0.25, 0.3) is 0 Å². The lowest BCUT2D eigenvalue weighted by Gasteiger charge is -2.30. The standard InChI is InChI=1S/C11H18N2O3/c1-5-16-10(14)8-7(4)12-11(15)13-9(8)6(2)3/h6,9H,5H2,1-4H3,(H2,12,13,15)/t9-/m1/s1. The molecule has 0 unspecified atom stereocenters. The van der Waals surface area contributed by atoms with Gasteiger partial charge in [0.05, 0.1) is 18.2 Å². The smallest absolute Gasteiger partial charge is 0.337 e. The molecule has 0 spiro atoms. The Labute approximate surface area is 95.2 Å². The fraction of sp³-hybridized carbons (Fsp3) is 0.636. The Bertz CT molecular complexity index is 334. The van der Waals surface area contributed by atoms with Crippen molar-refractivity contribution in [3.8, 4) is 0 Å². The van der Waals surface area contributed by atoms with Gasteiger partial charge in [-0.3, -0.25) is 0 Å². The Morgan fingerprint density at radius 2 is 2.12 bits per heavy atom. The zero-order valence-corrected chi connectivity index (χ0v) is 10.1. The van der Waals surface area contributed by atoms with Crippen molar-refractivity contribution in [3.63, 3.8) is 0 Å². The van der Waals surface area contributed by atoms with E-state index in [0.717, 1.165) is 0 Å². The summed E-state index contributed by atoms with van der Waals surface area (Å²) in [5.74, 6) is -0.230. The highest BCUT2D eigenvalue weighted by Crippen LogP contribution is 2.19. The number of hydrogen-bond donors (Lipinski definition) is 2. The van der Waals surface area contributed by atoms with Crippen LogP contribution in [0.1, 0.15) is 27.7 Å². The molecule has 90 valence electrons. The number of urea groups is 1. The lowest BCUT2D eigenvalue weighted by Crippen LogP contribution is -2.52. The van der Waals surface area contributed by atoms with Crippen LogP contribution in [0.3, 0.4) is 0 Å². The Kier molecular flexibility index (Phi) is 3.93. The van der Waals surface area contributed by atoms with E-state index in [9.17, 15) is 9.59 Å². The molecule has 1 atom stereocenters. The zero-order chi connectivity index (χ0) is 12.3. The van der Waals surface area contributed by atoms with E-state index in [4.69, 9.17) is 4.74 Å². The number of hydrogen-bond acceptors (Lipinski definition) is 3. The summed E-state index contributed by atoms with van der Waals surface area (Å²) >= 11 is 0. The van der Waals surface area contributed by atoms with E-state index in [2.05, 4.69) is 10.6 Å². The van der Waals surface area contributed by atoms with Crippen LogP contribution in [0.4, 0.5) is 4.79 Å². The van der Waals surface area contributed by atoms with Gasteiger partial charge in [-0.15, -0.1) is 0 Å². The Morgan fingerprint density at radius 3 is 2.62 bits per heavy atom. The summed E-state index contributed by atoms with van der Waals surface area (Å²) in [4.78, 5) is 23.1. The number of ether oxygens (including phenoxy) is 1. The maximum absolute atomic E-state index is 11.8. The number of rotatable bonds is 3. The molecule has 1 heterocycles. The lowest BCUT2D eigenvalue weighted by molar-refractivity contribution is -0.139. The molecule has 0 aromatic rings. The number of allylic oxidation sites excluding steroid dienone is 1. The van der Waals surface area contributed by atoms with E-state index < -0.39 is 0 Å². The predicted octanol–water partition coefficient (Wildman–Crippen LogP) is 1.16. The molecule has 1 aliphatic heterocycles. The summed E-state index contributed by atoms with van der Waals surface area (Å²) in [6.07, 6.45) is 0. The van der Waals surface area contributed by atoms with Gasteiger partial charge >= 0.3 is 12.0 Å². The largest absolute Gasteiger partial charge is 0.463 e. The highest BCUT2D eigenvalue weighted by Gasteiger charge is 2.32. The third-order valence-corrected chi connectivity index (χ3v) is 2.46. The minimum atomic E-state index is -0.369. The first-order chi connectivity index (χ1) is 7.47. The summed E-state index contributed by atoms with van der Waals surface area (Å²) in [6, 6.07) is -0.558. The van der Waals surface area contributed by atoms with Crippen LogP contribution in [0.2, 0.25) is 0 Å². The maximum Gasteiger partial charge on any atom is 0.337 e. The van der Waals surface area contributed by atoms with Crippen molar-refractivity contribution in [2.75, 3.05) is 6.61 Å². The van der Waals surface area contributed by atoms with Gasteiger partial charge in [-0.1, -0.05) is 13.8 Å². The minimum absolute atomic E-state index is 0.139. The van der Waals surface area contributed by atoms with E-state index in [1.54, 1.807) is 13.8 Å². The van der Waals surface area contributed by atoms with E-state index in [0.29, 0.717) is 17.9 Å². The monoisotopic (exact) mass is 226 g/mol. The van der Waals surface area contributed by atoms with E-state index in [1.807, 2.05) is 13.8 Å². The highest BCUT2D eigenvalue weighted by atomic mass is 16.5. The van der Waals surface area contributed by atoms with E-state index in [-0.39, 0.29) is 24.0 Å². The summed E-state index contributed by atoms with van der Waals surface area (Å²) in [5.41, 5.74) is 1.08. The Hall–Kier alpha value is -1.52. The zero-order valence-electron chi connectivity index (χ0n) is 10.1. The molecule has 1 aliphatic rings. The average molecular weight is 226 g/mol. The van der Waals surface area contributed by atoms with Crippen molar-refractivity contribution in [1.82, 2.24) is 10.6 Å². The fourth-order valence-corrected chi connectivity index (χ4v) is 1.71. The minimum Gasteiger partial charge on any atom is -0.463 e. The van der Waals surface area contributed by atoms with Gasteiger partial charge in [-0.25, -0.2) is 9.59 Å². The van der Waals surface area contributed by atoms with Crippen molar-refractivity contribution < 1.29 is 14.3 Å². The molecule has 0 fully saturated rings. The van der Waals surface area contributed by atoms with E-state index in [1.165, 1.54) is 0 Å². The van der Waals surface area contributed by atoms with Crippen LogP contribution < -0.4 is 10.6 Å². The van der Waals surface area contributed by atoms with Gasteiger partial charge in [0.15, 0.2) is 0 Å². The molecule has 0 bridgehead atoms. The van der Waals surface area contributed by atoms with Crippen molar-refractivity contribution in [3.05, 3.63) is 11.3 Å². The summed E-state index contributed by atoms with van der Waals surface area (Å²) in [5, 5.41) is 5.31. The molecular weight excluding hydrogens is 208 g/mol. The van der Waals surface area contributed by atoms with Gasteiger partial charge < -0.3 is 15.4 Å². The molecule has 5 heteroatoms. The van der Waals surface area contributed by atoms with Crippen LogP contribution in [0.25, 0.3) is 0 Å². The van der Waals surface area contributed by atoms with Gasteiger partial charge in [-0.2, -0.15) is 0 Å². The van der Waals surface area contributed by atoms with Crippen LogP contribution in [-0.4, -0.2) is 24.6 Å². The third kappa shape index (κ3) is 2.53. The van der Waals surface area contributed by atoms with Gasteiger partial charge in [-0.05, 0) is 19.8 Å². The number of carbonyl (C=O) groups excluding carboxylic acids is 2. The average Bonchev–Trinajstić information content (AvgIpc) is 2.16. The van der Waals surface area contributed by atoms with Crippen molar-refractivity contribution in [2.24, 2.45) is 5.92 Å². The highest BCUT2D eigenvalue weighted by molar-refractivity contribution is 5.94. The molecular formula is C11H18N2O3. The van der Waals surface area contributed by atoms with Crippen LogP contribution in [0.15, 0.2) is 11.3 Å². The van der Waals surface area contributed by atoms with Gasteiger partial charge in [0, 0.05) is 5.70 Å². The van der Waals surface area contributed by atoms with Crippen LogP contribution in [0, 0.1) is 5.92 Å². The summed E-state index contributed by atoms with van der Waals surface area (Å²) < 4.78 is 4.98. The molecule has 0 aliphatic carbocycles. The second-order valence-electron chi connectivity index (χ2n) is 4.08. The summed E-state index contributed by atoms with van der Waals surface area (Å²) in [6.45, 7) is 7.69. The molecule has 0 saturated heterocycles. The Balaban J connectivity index is 3.02. The number of amides is 2. The lowest BCUT2D eigenvalue weighted by atomic mass is 9.93. The predicted molar refractivity (Wildman–Crippen MR) is 59.6 cm³/mol. The molecule has 0 saturated carbocycles. The second-order valence-corrected chi connectivity index (χ2v) is 4.08. The van der Waals surface area contributed by atoms with E-state index >= 15 is 0 Å². The molecule has 0 radical (unpaired) electrons. The molecule has 0 aromatic heterocycles. The fourth-order valence-electron chi connectivity index (χ4n) is 1.71. The summed E-state index contributed by atoms with van der Waals surface area (Å²) in [7, 11) is 0. The first kappa shape index (κ1) is 12.5. The second kappa shape index (κ2) is 5.01. The molecule has 2 N–H and O–H groups in total. The number of esters is 1. The normalized spacial score (nSPS) is 20.6.